The molecule has 0 bridgehead atoms. The van der Waals surface area contributed by atoms with E-state index in [4.69, 9.17) is 0 Å². The maximum Gasteiger partial charge on any atom is 0.132 e. The van der Waals surface area contributed by atoms with E-state index in [1.54, 1.807) is 0 Å². The number of hydrogen-bond donors (Lipinski definition) is 0. The highest BCUT2D eigenvalue weighted by atomic mass is 16.1. The standard InChI is InChI=1S/C17H34O/c1-5-15(6-2)11-9-13-17(18)14-10-12-16(7-3)8-4/h15-16H,5-14H2,1-4H3. The first-order chi connectivity index (χ1) is 8.67. The van der Waals surface area contributed by atoms with Crippen molar-refractivity contribution >= 4 is 5.78 Å². The fourth-order valence-electron chi connectivity index (χ4n) is 2.69. The summed E-state index contributed by atoms with van der Waals surface area (Å²) in [6, 6.07) is 0. The van der Waals surface area contributed by atoms with Crippen molar-refractivity contribution in [3.63, 3.8) is 0 Å². The quantitative estimate of drug-likeness (QED) is 0.432. The molecule has 0 aromatic rings. The zero-order chi connectivity index (χ0) is 13.8. The van der Waals surface area contributed by atoms with Crippen LogP contribution < -0.4 is 0 Å². The Hall–Kier alpha value is -0.330. The number of carbonyl (C=O) groups is 1. The molecule has 0 radical (unpaired) electrons. The van der Waals surface area contributed by atoms with Crippen molar-refractivity contribution in [2.24, 2.45) is 11.8 Å². The van der Waals surface area contributed by atoms with Crippen LogP contribution in [-0.2, 0) is 4.79 Å². The van der Waals surface area contributed by atoms with Crippen LogP contribution >= 0.6 is 0 Å². The summed E-state index contributed by atoms with van der Waals surface area (Å²) in [5.74, 6) is 2.16. The molecular formula is C17H34O. The summed E-state index contributed by atoms with van der Waals surface area (Å²) in [6.07, 6.45) is 11.4. The van der Waals surface area contributed by atoms with Crippen LogP contribution in [-0.4, -0.2) is 5.78 Å². The minimum atomic E-state index is 0.493. The van der Waals surface area contributed by atoms with Crippen molar-refractivity contribution in [3.8, 4) is 0 Å². The second kappa shape index (κ2) is 11.7. The maximum atomic E-state index is 11.8. The first-order valence-electron chi connectivity index (χ1n) is 8.19. The molecule has 108 valence electrons. The average molecular weight is 254 g/mol. The molecule has 0 aliphatic carbocycles. The van der Waals surface area contributed by atoms with Gasteiger partial charge >= 0.3 is 0 Å². The third-order valence-corrected chi connectivity index (χ3v) is 4.45. The molecule has 0 aromatic carbocycles. The Morgan fingerprint density at radius 2 is 1.06 bits per heavy atom. The number of ketones is 1. The van der Waals surface area contributed by atoms with Gasteiger partial charge in [0.25, 0.3) is 0 Å². The van der Waals surface area contributed by atoms with Crippen molar-refractivity contribution in [1.29, 1.82) is 0 Å². The van der Waals surface area contributed by atoms with Crippen LogP contribution in [0.3, 0.4) is 0 Å². The minimum absolute atomic E-state index is 0.493. The van der Waals surface area contributed by atoms with E-state index in [0.717, 1.165) is 37.5 Å². The summed E-state index contributed by atoms with van der Waals surface area (Å²) >= 11 is 0. The van der Waals surface area contributed by atoms with Gasteiger partial charge in [-0.25, -0.2) is 0 Å². The van der Waals surface area contributed by atoms with Crippen LogP contribution in [0.15, 0.2) is 0 Å². The highest BCUT2D eigenvalue weighted by Crippen LogP contribution is 2.18. The predicted molar refractivity (Wildman–Crippen MR) is 80.9 cm³/mol. The van der Waals surface area contributed by atoms with Crippen molar-refractivity contribution < 1.29 is 4.79 Å². The van der Waals surface area contributed by atoms with Crippen LogP contribution in [0.25, 0.3) is 0 Å². The number of rotatable bonds is 12. The second-order valence-corrected chi connectivity index (χ2v) is 5.69. The molecule has 0 saturated heterocycles. The van der Waals surface area contributed by atoms with Gasteiger partial charge in [0, 0.05) is 12.8 Å². The van der Waals surface area contributed by atoms with Gasteiger partial charge in [-0.2, -0.15) is 0 Å². The second-order valence-electron chi connectivity index (χ2n) is 5.69. The van der Waals surface area contributed by atoms with Gasteiger partial charge in [0.2, 0.25) is 0 Å². The Kier molecular flexibility index (Phi) is 11.5. The molecule has 0 fully saturated rings. The SMILES string of the molecule is CCC(CC)CCCC(=O)CCCC(CC)CC. The summed E-state index contributed by atoms with van der Waals surface area (Å²) in [7, 11) is 0. The minimum Gasteiger partial charge on any atom is -0.300 e. The van der Waals surface area contributed by atoms with Gasteiger partial charge in [0.1, 0.15) is 5.78 Å². The number of hydrogen-bond acceptors (Lipinski definition) is 1. The normalized spacial score (nSPS) is 11.4. The molecule has 0 aromatic heterocycles. The van der Waals surface area contributed by atoms with E-state index in [9.17, 15) is 4.79 Å². The largest absolute Gasteiger partial charge is 0.300 e. The fourth-order valence-corrected chi connectivity index (χ4v) is 2.69. The van der Waals surface area contributed by atoms with Gasteiger partial charge in [0.05, 0.1) is 0 Å². The summed E-state index contributed by atoms with van der Waals surface area (Å²) in [4.78, 5) is 11.8. The molecule has 0 heterocycles. The van der Waals surface area contributed by atoms with Crippen molar-refractivity contribution in [2.45, 2.75) is 91.9 Å². The van der Waals surface area contributed by atoms with E-state index in [1.165, 1.54) is 38.5 Å². The van der Waals surface area contributed by atoms with Gasteiger partial charge < -0.3 is 0 Å². The van der Waals surface area contributed by atoms with Gasteiger partial charge in [-0.15, -0.1) is 0 Å². The molecule has 0 atom stereocenters. The highest BCUT2D eigenvalue weighted by molar-refractivity contribution is 5.78. The summed E-state index contributed by atoms with van der Waals surface area (Å²) < 4.78 is 0. The molecule has 18 heavy (non-hydrogen) atoms. The summed E-state index contributed by atoms with van der Waals surface area (Å²) in [6.45, 7) is 9.02. The van der Waals surface area contributed by atoms with Crippen molar-refractivity contribution in [3.05, 3.63) is 0 Å². The van der Waals surface area contributed by atoms with E-state index in [1.807, 2.05) is 0 Å². The predicted octanol–water partition coefficient (Wildman–Crippen LogP) is 5.77. The molecule has 1 heteroatoms. The van der Waals surface area contributed by atoms with Crippen molar-refractivity contribution in [2.75, 3.05) is 0 Å². The Morgan fingerprint density at radius 1 is 0.722 bits per heavy atom. The molecule has 0 spiro atoms. The zero-order valence-corrected chi connectivity index (χ0v) is 13.1. The van der Waals surface area contributed by atoms with Crippen LogP contribution in [0.5, 0.6) is 0 Å². The molecule has 0 N–H and O–H groups in total. The third-order valence-electron chi connectivity index (χ3n) is 4.45. The van der Waals surface area contributed by atoms with E-state index in [-0.39, 0.29) is 0 Å². The topological polar surface area (TPSA) is 17.1 Å². The van der Waals surface area contributed by atoms with Gasteiger partial charge in [-0.1, -0.05) is 66.2 Å². The maximum absolute atomic E-state index is 11.8. The number of Topliss-reactive ketones (excluding diaryl/α,β-unsaturated/α-hetero) is 1. The molecular weight excluding hydrogens is 220 g/mol. The number of carbonyl (C=O) groups excluding carboxylic acids is 1. The van der Waals surface area contributed by atoms with Gasteiger partial charge in [-0.3, -0.25) is 4.79 Å². The molecule has 1 nitrogen and oxygen atoms in total. The Balaban J connectivity index is 3.54. The molecule has 0 aliphatic heterocycles. The van der Waals surface area contributed by atoms with E-state index in [2.05, 4.69) is 27.7 Å². The van der Waals surface area contributed by atoms with Crippen LogP contribution in [0.1, 0.15) is 91.9 Å². The molecule has 0 unspecified atom stereocenters. The first kappa shape index (κ1) is 17.7. The van der Waals surface area contributed by atoms with Gasteiger partial charge in [0.15, 0.2) is 0 Å². The smallest absolute Gasteiger partial charge is 0.132 e. The van der Waals surface area contributed by atoms with Gasteiger partial charge in [-0.05, 0) is 24.7 Å². The lowest BCUT2D eigenvalue weighted by Gasteiger charge is -2.12. The molecule has 0 amide bonds. The van der Waals surface area contributed by atoms with E-state index in [0.29, 0.717) is 5.78 Å². The fraction of sp³-hybridized carbons (Fsp3) is 0.941. The lowest BCUT2D eigenvalue weighted by molar-refractivity contribution is -0.119. The van der Waals surface area contributed by atoms with Crippen LogP contribution in [0, 0.1) is 11.8 Å². The van der Waals surface area contributed by atoms with Crippen molar-refractivity contribution in [1.82, 2.24) is 0 Å². The first-order valence-corrected chi connectivity index (χ1v) is 8.19. The highest BCUT2D eigenvalue weighted by Gasteiger charge is 2.08. The summed E-state index contributed by atoms with van der Waals surface area (Å²) in [5.41, 5.74) is 0. The molecule has 0 saturated carbocycles. The molecule has 0 rings (SSSR count). The zero-order valence-electron chi connectivity index (χ0n) is 13.1. The summed E-state index contributed by atoms with van der Waals surface area (Å²) in [5, 5.41) is 0. The van der Waals surface area contributed by atoms with E-state index < -0.39 is 0 Å². The van der Waals surface area contributed by atoms with E-state index >= 15 is 0 Å². The Bertz CT molecular complexity index is 170. The average Bonchev–Trinajstić information content (AvgIpc) is 2.40. The third kappa shape index (κ3) is 8.72. The van der Waals surface area contributed by atoms with Crippen LogP contribution in [0.2, 0.25) is 0 Å². The Labute approximate surface area is 115 Å². The molecule has 0 aliphatic rings. The lowest BCUT2D eigenvalue weighted by atomic mass is 9.93. The van der Waals surface area contributed by atoms with Crippen LogP contribution in [0.4, 0.5) is 0 Å². The Morgan fingerprint density at radius 3 is 1.33 bits per heavy atom. The monoisotopic (exact) mass is 254 g/mol. The lowest BCUT2D eigenvalue weighted by Crippen LogP contribution is -2.03.